The van der Waals surface area contributed by atoms with Gasteiger partial charge >= 0.3 is 0 Å². The van der Waals surface area contributed by atoms with Crippen LogP contribution in [0.4, 0.5) is 0 Å². The van der Waals surface area contributed by atoms with Crippen LogP contribution in [0.1, 0.15) is 19.5 Å². The highest BCUT2D eigenvalue weighted by Crippen LogP contribution is 2.27. The fourth-order valence-electron chi connectivity index (χ4n) is 2.98. The SMILES string of the molecule is CCN(CC)S(=O)(=O)c1cccc(-c2nnc(SCc3cc(=O)n4ccsc4n3)o2)c1. The maximum Gasteiger partial charge on any atom is 0.277 e. The first-order valence-electron chi connectivity index (χ1n) is 9.45. The molecule has 0 N–H and O–H groups in total. The summed E-state index contributed by atoms with van der Waals surface area (Å²) >= 11 is 2.64. The summed E-state index contributed by atoms with van der Waals surface area (Å²) in [5, 5.41) is 10.2. The molecule has 0 spiro atoms. The molecule has 4 aromatic rings. The molecule has 0 fully saturated rings. The van der Waals surface area contributed by atoms with Gasteiger partial charge in [-0.05, 0) is 18.2 Å². The number of thioether (sulfide) groups is 1. The van der Waals surface area contributed by atoms with Crippen molar-refractivity contribution in [2.75, 3.05) is 13.1 Å². The Morgan fingerprint density at radius 1 is 1.19 bits per heavy atom. The molecule has 12 heteroatoms. The standard InChI is InChI=1S/C19H19N5O4S3/c1-3-23(4-2)31(26,27)15-7-5-6-13(10-15)17-21-22-19(28-17)30-12-14-11-16(25)24-8-9-29-18(24)20-14/h5-11H,3-4,12H2,1-2H3. The third kappa shape index (κ3) is 4.42. The number of aromatic nitrogens is 4. The van der Waals surface area contributed by atoms with Gasteiger partial charge in [-0.3, -0.25) is 9.20 Å². The highest BCUT2D eigenvalue weighted by Gasteiger charge is 2.22. The van der Waals surface area contributed by atoms with Crippen LogP contribution in [0.15, 0.2) is 61.2 Å². The molecule has 3 heterocycles. The van der Waals surface area contributed by atoms with Gasteiger partial charge in [0, 0.05) is 42.0 Å². The van der Waals surface area contributed by atoms with Crippen molar-refractivity contribution in [1.29, 1.82) is 0 Å². The highest BCUT2D eigenvalue weighted by atomic mass is 32.2. The summed E-state index contributed by atoms with van der Waals surface area (Å²) in [7, 11) is -3.59. The predicted molar refractivity (Wildman–Crippen MR) is 119 cm³/mol. The van der Waals surface area contributed by atoms with Crippen LogP contribution in [0.3, 0.4) is 0 Å². The van der Waals surface area contributed by atoms with Crippen molar-refractivity contribution in [3.8, 4) is 11.5 Å². The molecule has 0 aliphatic heterocycles. The Hall–Kier alpha value is -2.54. The zero-order valence-electron chi connectivity index (χ0n) is 16.8. The maximum absolute atomic E-state index is 12.8. The van der Waals surface area contributed by atoms with Crippen LogP contribution in [0.25, 0.3) is 16.4 Å². The van der Waals surface area contributed by atoms with Crippen molar-refractivity contribution in [3.05, 3.63) is 58.0 Å². The van der Waals surface area contributed by atoms with E-state index in [1.54, 1.807) is 43.6 Å². The lowest BCUT2D eigenvalue weighted by Crippen LogP contribution is -2.30. The summed E-state index contributed by atoms with van der Waals surface area (Å²) < 4.78 is 34.1. The molecule has 9 nitrogen and oxygen atoms in total. The highest BCUT2D eigenvalue weighted by molar-refractivity contribution is 7.98. The van der Waals surface area contributed by atoms with E-state index in [1.807, 2.05) is 0 Å². The minimum atomic E-state index is -3.59. The summed E-state index contributed by atoms with van der Waals surface area (Å²) in [5.74, 6) is 0.614. The molecule has 0 aliphatic carbocycles. The molecule has 1 aromatic carbocycles. The molecule has 0 aliphatic rings. The lowest BCUT2D eigenvalue weighted by atomic mass is 10.2. The van der Waals surface area contributed by atoms with Gasteiger partial charge in [0.2, 0.25) is 15.9 Å². The first kappa shape index (κ1) is 21.7. The quantitative estimate of drug-likeness (QED) is 0.356. The minimum Gasteiger partial charge on any atom is -0.411 e. The number of hydrogen-bond acceptors (Lipinski definition) is 9. The molecular weight excluding hydrogens is 458 g/mol. The summed E-state index contributed by atoms with van der Waals surface area (Å²) in [5.41, 5.74) is 0.993. The molecule has 0 unspecified atom stereocenters. The van der Waals surface area contributed by atoms with Crippen LogP contribution in [-0.4, -0.2) is 45.4 Å². The van der Waals surface area contributed by atoms with Crippen LogP contribution in [-0.2, 0) is 15.8 Å². The first-order chi connectivity index (χ1) is 14.9. The lowest BCUT2D eigenvalue weighted by molar-refractivity contribution is 0.445. The molecule has 0 saturated heterocycles. The van der Waals surface area contributed by atoms with E-state index in [0.29, 0.717) is 40.3 Å². The van der Waals surface area contributed by atoms with Gasteiger partial charge in [0.1, 0.15) is 0 Å². The molecule has 0 radical (unpaired) electrons. The predicted octanol–water partition coefficient (Wildman–Crippen LogP) is 3.13. The Morgan fingerprint density at radius 3 is 2.77 bits per heavy atom. The number of hydrogen-bond donors (Lipinski definition) is 0. The van der Waals surface area contributed by atoms with Crippen LogP contribution in [0, 0.1) is 0 Å². The van der Waals surface area contributed by atoms with Crippen LogP contribution in [0.5, 0.6) is 0 Å². The van der Waals surface area contributed by atoms with Gasteiger partial charge in [0.05, 0.1) is 10.6 Å². The molecule has 0 saturated carbocycles. The number of thiazole rings is 1. The minimum absolute atomic E-state index is 0.140. The second kappa shape index (κ2) is 8.91. The smallest absolute Gasteiger partial charge is 0.277 e. The maximum atomic E-state index is 12.8. The van der Waals surface area contributed by atoms with Crippen molar-refractivity contribution in [1.82, 2.24) is 23.9 Å². The normalized spacial score (nSPS) is 12.1. The van der Waals surface area contributed by atoms with E-state index in [-0.39, 0.29) is 16.3 Å². The Morgan fingerprint density at radius 2 is 2.00 bits per heavy atom. The molecule has 3 aromatic heterocycles. The van der Waals surface area contributed by atoms with Crippen LogP contribution in [0.2, 0.25) is 0 Å². The second-order valence-corrected chi connectivity index (χ2v) is 10.2. The molecule has 4 rings (SSSR count). The fourth-order valence-corrected chi connectivity index (χ4v) is 5.88. The van der Waals surface area contributed by atoms with E-state index < -0.39 is 10.0 Å². The number of nitrogens with zero attached hydrogens (tertiary/aromatic N) is 5. The number of rotatable bonds is 8. The first-order valence-corrected chi connectivity index (χ1v) is 12.8. The van der Waals surface area contributed by atoms with Crippen molar-refractivity contribution >= 4 is 38.1 Å². The fraction of sp³-hybridized carbons (Fsp3) is 0.263. The van der Waals surface area contributed by atoms with Crippen LogP contribution < -0.4 is 5.56 Å². The average molecular weight is 478 g/mol. The van der Waals surface area contributed by atoms with Crippen molar-refractivity contribution < 1.29 is 12.8 Å². The van der Waals surface area contributed by atoms with Gasteiger partial charge in [0.15, 0.2) is 4.96 Å². The molecule has 0 amide bonds. The molecule has 31 heavy (non-hydrogen) atoms. The molecule has 0 bridgehead atoms. The Balaban J connectivity index is 1.53. The average Bonchev–Trinajstić information content (AvgIpc) is 3.43. The summed E-state index contributed by atoms with van der Waals surface area (Å²) in [6.45, 7) is 4.37. The largest absolute Gasteiger partial charge is 0.411 e. The summed E-state index contributed by atoms with van der Waals surface area (Å²) in [4.78, 5) is 17.3. The van der Waals surface area contributed by atoms with Gasteiger partial charge in [-0.1, -0.05) is 31.7 Å². The monoisotopic (exact) mass is 477 g/mol. The van der Waals surface area contributed by atoms with E-state index in [0.717, 1.165) is 0 Å². The third-order valence-electron chi connectivity index (χ3n) is 4.53. The molecule has 0 atom stereocenters. The second-order valence-electron chi connectivity index (χ2n) is 6.42. The van der Waals surface area contributed by atoms with E-state index >= 15 is 0 Å². The lowest BCUT2D eigenvalue weighted by Gasteiger charge is -2.18. The number of benzene rings is 1. The van der Waals surface area contributed by atoms with Gasteiger partial charge < -0.3 is 4.42 Å². The van der Waals surface area contributed by atoms with E-state index in [9.17, 15) is 13.2 Å². The van der Waals surface area contributed by atoms with Gasteiger partial charge in [0.25, 0.3) is 10.8 Å². The van der Waals surface area contributed by atoms with E-state index in [2.05, 4.69) is 15.2 Å². The summed E-state index contributed by atoms with van der Waals surface area (Å²) in [6, 6.07) is 7.93. The van der Waals surface area contributed by atoms with E-state index in [1.165, 1.54) is 43.9 Å². The zero-order valence-corrected chi connectivity index (χ0v) is 19.2. The molecule has 162 valence electrons. The molecular formula is C19H19N5O4S3. The van der Waals surface area contributed by atoms with Gasteiger partial charge in [-0.2, -0.15) is 4.31 Å². The zero-order chi connectivity index (χ0) is 22.0. The van der Waals surface area contributed by atoms with Gasteiger partial charge in [-0.25, -0.2) is 13.4 Å². The van der Waals surface area contributed by atoms with Gasteiger partial charge in [-0.15, -0.1) is 21.5 Å². The Labute approximate surface area is 186 Å². The topological polar surface area (TPSA) is 111 Å². The Bertz CT molecular complexity index is 1370. The van der Waals surface area contributed by atoms with Crippen molar-refractivity contribution in [2.24, 2.45) is 0 Å². The Kier molecular flexibility index (Phi) is 6.23. The van der Waals surface area contributed by atoms with Crippen molar-refractivity contribution in [3.63, 3.8) is 0 Å². The number of sulfonamides is 1. The van der Waals surface area contributed by atoms with Crippen molar-refractivity contribution in [2.45, 2.75) is 29.7 Å². The van der Waals surface area contributed by atoms with Crippen LogP contribution >= 0.6 is 23.1 Å². The van der Waals surface area contributed by atoms with E-state index in [4.69, 9.17) is 4.42 Å². The number of fused-ring (bicyclic) bond motifs is 1. The third-order valence-corrected chi connectivity index (χ3v) is 8.18. The summed E-state index contributed by atoms with van der Waals surface area (Å²) in [6.07, 6.45) is 1.69.